The van der Waals surface area contributed by atoms with Gasteiger partial charge in [-0.1, -0.05) is 37.3 Å². The fourth-order valence-corrected chi connectivity index (χ4v) is 2.64. The molecule has 3 N–H and O–H groups in total. The van der Waals surface area contributed by atoms with Crippen LogP contribution in [0, 0.1) is 0 Å². The molecule has 1 fully saturated rings. The number of hydrogen-bond donors (Lipinski definition) is 3. The predicted molar refractivity (Wildman–Crippen MR) is 114 cm³/mol. The van der Waals surface area contributed by atoms with E-state index in [0.717, 1.165) is 0 Å². The van der Waals surface area contributed by atoms with Crippen LogP contribution in [0.25, 0.3) is 0 Å². The van der Waals surface area contributed by atoms with Crippen molar-refractivity contribution in [2.45, 2.75) is 38.8 Å². The molecule has 7 nitrogen and oxygen atoms in total. The zero-order chi connectivity index (χ0) is 18.3. The molecule has 1 aromatic carbocycles. The molecule has 0 spiro atoms. The zero-order valence-corrected chi connectivity index (χ0v) is 17.9. The minimum Gasteiger partial charge on any atom is -0.356 e. The molecule has 144 valence electrons. The van der Waals surface area contributed by atoms with E-state index in [1.54, 1.807) is 14.0 Å². The van der Waals surface area contributed by atoms with Crippen LogP contribution in [0.5, 0.6) is 0 Å². The van der Waals surface area contributed by atoms with Crippen LogP contribution in [-0.2, 0) is 11.3 Å². The lowest BCUT2D eigenvalue weighted by Gasteiger charge is -2.19. The Bertz CT molecular complexity index is 638. The summed E-state index contributed by atoms with van der Waals surface area (Å²) in [7, 11) is 1.71. The second kappa shape index (κ2) is 10.3. The van der Waals surface area contributed by atoms with Gasteiger partial charge in [0.25, 0.3) is 5.91 Å². The van der Waals surface area contributed by atoms with Gasteiger partial charge in [0, 0.05) is 26.7 Å². The summed E-state index contributed by atoms with van der Waals surface area (Å²) in [6.45, 7) is 5.35. The summed E-state index contributed by atoms with van der Waals surface area (Å²) in [5, 5.41) is 9.19. The Kier molecular flexibility index (Phi) is 8.83. The molecular formula is C18H28IN5O2. The second-order valence-corrected chi connectivity index (χ2v) is 6.26. The normalized spacial score (nSPS) is 19.8. The topological polar surface area (TPSA) is 85.8 Å². The van der Waals surface area contributed by atoms with Crippen molar-refractivity contribution in [3.05, 3.63) is 35.9 Å². The van der Waals surface area contributed by atoms with E-state index < -0.39 is 5.54 Å². The molecular weight excluding hydrogens is 445 g/mol. The molecule has 0 saturated carbocycles. The first kappa shape index (κ1) is 22.2. The molecule has 1 heterocycles. The van der Waals surface area contributed by atoms with Gasteiger partial charge in [0.1, 0.15) is 5.54 Å². The smallest absolute Gasteiger partial charge is 0.325 e. The number of carbonyl (C=O) groups is 2. The first-order valence-electron chi connectivity index (χ1n) is 8.62. The maximum absolute atomic E-state index is 12.3. The highest BCUT2D eigenvalue weighted by molar-refractivity contribution is 14.0. The number of nitrogens with zero attached hydrogens (tertiary/aromatic N) is 2. The molecule has 8 heteroatoms. The lowest BCUT2D eigenvalue weighted by Crippen LogP contribution is -2.43. The van der Waals surface area contributed by atoms with E-state index in [2.05, 4.69) is 20.9 Å². The zero-order valence-electron chi connectivity index (χ0n) is 15.5. The summed E-state index contributed by atoms with van der Waals surface area (Å²) in [6.07, 6.45) is 1.24. The maximum atomic E-state index is 12.3. The van der Waals surface area contributed by atoms with E-state index >= 15 is 0 Å². The SMILES string of the molecule is CCC1(C)NC(=O)N(CCCNC(=NC)NCc2ccccc2)C1=O.I. The standard InChI is InChI=1S/C18H27N5O2.HI/c1-4-18(2)15(24)23(17(25)22-18)12-8-11-20-16(19-3)21-13-14-9-6-5-7-10-14;/h5-7,9-10H,4,8,11-13H2,1-3H3,(H,22,25)(H2,19,20,21);1H. The van der Waals surface area contributed by atoms with Gasteiger partial charge in [-0.2, -0.15) is 0 Å². The number of rotatable bonds is 7. The average molecular weight is 473 g/mol. The highest BCUT2D eigenvalue weighted by atomic mass is 127. The van der Waals surface area contributed by atoms with Crippen molar-refractivity contribution in [1.29, 1.82) is 0 Å². The molecule has 1 saturated heterocycles. The number of imide groups is 1. The summed E-state index contributed by atoms with van der Waals surface area (Å²) >= 11 is 0. The van der Waals surface area contributed by atoms with E-state index in [1.807, 2.05) is 37.3 Å². The molecule has 0 aliphatic carbocycles. The molecule has 0 bridgehead atoms. The van der Waals surface area contributed by atoms with Crippen molar-refractivity contribution < 1.29 is 9.59 Å². The monoisotopic (exact) mass is 473 g/mol. The minimum atomic E-state index is -0.766. The molecule has 0 radical (unpaired) electrons. The average Bonchev–Trinajstić information content (AvgIpc) is 2.85. The number of nitrogens with one attached hydrogen (secondary N) is 3. The summed E-state index contributed by atoms with van der Waals surface area (Å²) in [5.41, 5.74) is 0.404. The van der Waals surface area contributed by atoms with Crippen LogP contribution in [0.2, 0.25) is 0 Å². The van der Waals surface area contributed by atoms with Crippen LogP contribution < -0.4 is 16.0 Å². The summed E-state index contributed by atoms with van der Waals surface area (Å²) in [6, 6.07) is 9.76. The number of urea groups is 1. The number of amides is 3. The van der Waals surface area contributed by atoms with Crippen molar-refractivity contribution in [3.63, 3.8) is 0 Å². The van der Waals surface area contributed by atoms with Gasteiger partial charge in [-0.25, -0.2) is 4.79 Å². The number of benzene rings is 1. The number of carbonyl (C=O) groups excluding carboxylic acids is 2. The number of hydrogen-bond acceptors (Lipinski definition) is 3. The Morgan fingerprint density at radius 3 is 2.50 bits per heavy atom. The Balaban J connectivity index is 0.00000338. The number of guanidine groups is 1. The second-order valence-electron chi connectivity index (χ2n) is 6.26. The lowest BCUT2D eigenvalue weighted by atomic mass is 9.99. The number of aliphatic imine (C=N–C) groups is 1. The Morgan fingerprint density at radius 2 is 1.92 bits per heavy atom. The third-order valence-corrected chi connectivity index (χ3v) is 4.43. The molecule has 0 aromatic heterocycles. The summed E-state index contributed by atoms with van der Waals surface area (Å²) in [5.74, 6) is 0.547. The van der Waals surface area contributed by atoms with Crippen LogP contribution in [0.3, 0.4) is 0 Å². The van der Waals surface area contributed by atoms with E-state index in [-0.39, 0.29) is 35.9 Å². The molecule has 26 heavy (non-hydrogen) atoms. The third-order valence-electron chi connectivity index (χ3n) is 4.43. The van der Waals surface area contributed by atoms with Crippen LogP contribution in [0.15, 0.2) is 35.3 Å². The van der Waals surface area contributed by atoms with Gasteiger partial charge in [0.2, 0.25) is 0 Å². The van der Waals surface area contributed by atoms with Crippen molar-refractivity contribution in [3.8, 4) is 0 Å². The molecule has 1 atom stereocenters. The third kappa shape index (κ3) is 5.58. The maximum Gasteiger partial charge on any atom is 0.325 e. The van der Waals surface area contributed by atoms with Gasteiger partial charge in [-0.15, -0.1) is 24.0 Å². The van der Waals surface area contributed by atoms with Crippen LogP contribution >= 0.6 is 24.0 Å². The van der Waals surface area contributed by atoms with Crippen molar-refractivity contribution in [2.75, 3.05) is 20.1 Å². The van der Waals surface area contributed by atoms with Crippen LogP contribution in [0.4, 0.5) is 4.79 Å². The van der Waals surface area contributed by atoms with E-state index in [1.165, 1.54) is 10.5 Å². The van der Waals surface area contributed by atoms with Crippen LogP contribution in [-0.4, -0.2) is 48.5 Å². The van der Waals surface area contributed by atoms with Gasteiger partial charge in [0.15, 0.2) is 5.96 Å². The highest BCUT2D eigenvalue weighted by Crippen LogP contribution is 2.20. The Hall–Kier alpha value is -1.84. The minimum absolute atomic E-state index is 0. The number of halogens is 1. The van der Waals surface area contributed by atoms with Gasteiger partial charge in [-0.3, -0.25) is 14.7 Å². The summed E-state index contributed by atoms with van der Waals surface area (Å²) < 4.78 is 0. The largest absolute Gasteiger partial charge is 0.356 e. The van der Waals surface area contributed by atoms with E-state index in [0.29, 0.717) is 38.4 Å². The van der Waals surface area contributed by atoms with Crippen LogP contribution in [0.1, 0.15) is 32.3 Å². The quantitative estimate of drug-likeness (QED) is 0.186. The highest BCUT2D eigenvalue weighted by Gasteiger charge is 2.45. The Labute approximate surface area is 172 Å². The fourth-order valence-electron chi connectivity index (χ4n) is 2.64. The van der Waals surface area contributed by atoms with Crippen molar-refractivity contribution in [2.24, 2.45) is 4.99 Å². The van der Waals surface area contributed by atoms with Crippen molar-refractivity contribution in [1.82, 2.24) is 20.9 Å². The molecule has 2 rings (SSSR count). The molecule has 1 aromatic rings. The molecule has 3 amide bonds. The van der Waals surface area contributed by atoms with Gasteiger partial charge in [0.05, 0.1) is 0 Å². The van der Waals surface area contributed by atoms with Gasteiger partial charge >= 0.3 is 6.03 Å². The molecule has 1 aliphatic rings. The molecule has 1 unspecified atom stereocenters. The summed E-state index contributed by atoms with van der Waals surface area (Å²) in [4.78, 5) is 29.7. The predicted octanol–water partition coefficient (Wildman–Crippen LogP) is 2.08. The Morgan fingerprint density at radius 1 is 1.23 bits per heavy atom. The van der Waals surface area contributed by atoms with Gasteiger partial charge < -0.3 is 16.0 Å². The molecule has 1 aliphatic heterocycles. The lowest BCUT2D eigenvalue weighted by molar-refractivity contribution is -0.130. The van der Waals surface area contributed by atoms with Crippen molar-refractivity contribution >= 4 is 41.9 Å². The van der Waals surface area contributed by atoms with E-state index in [9.17, 15) is 9.59 Å². The van der Waals surface area contributed by atoms with Gasteiger partial charge in [-0.05, 0) is 25.3 Å². The van der Waals surface area contributed by atoms with E-state index in [4.69, 9.17) is 0 Å². The first-order chi connectivity index (χ1) is 12.0. The first-order valence-corrected chi connectivity index (χ1v) is 8.62. The fraction of sp³-hybridized carbons (Fsp3) is 0.500.